The summed E-state index contributed by atoms with van der Waals surface area (Å²) in [4.78, 5) is 11.4. The molecule has 0 saturated carbocycles. The van der Waals surface area contributed by atoms with Crippen molar-refractivity contribution in [2.75, 3.05) is 24.6 Å². The van der Waals surface area contributed by atoms with E-state index in [-0.39, 0.29) is 23.5 Å². The molecule has 1 atom stereocenters. The quantitative estimate of drug-likeness (QED) is 0.768. The minimum atomic E-state index is -2.84. The van der Waals surface area contributed by atoms with E-state index in [4.69, 9.17) is 0 Å². The lowest BCUT2D eigenvalue weighted by atomic mass is 10.1. The van der Waals surface area contributed by atoms with Gasteiger partial charge in [0.2, 0.25) is 0 Å². The molecule has 100 valence electrons. The van der Waals surface area contributed by atoms with Crippen LogP contribution in [0.2, 0.25) is 0 Å². The largest absolute Gasteiger partial charge is 0.338 e. The van der Waals surface area contributed by atoms with E-state index in [9.17, 15) is 13.2 Å². The van der Waals surface area contributed by atoms with Crippen LogP contribution in [0, 0.1) is 11.8 Å². The Morgan fingerprint density at radius 3 is 2.59 bits per heavy atom. The lowest BCUT2D eigenvalue weighted by Crippen LogP contribution is -2.39. The predicted octanol–water partition coefficient (Wildman–Crippen LogP) is 0.766. The number of amides is 2. The van der Waals surface area contributed by atoms with Gasteiger partial charge in [0.05, 0.1) is 11.5 Å². The van der Waals surface area contributed by atoms with Gasteiger partial charge in [-0.1, -0.05) is 13.8 Å². The number of hydrogen-bond donors (Lipinski definition) is 2. The molecule has 1 rings (SSSR count). The molecule has 0 spiro atoms. The van der Waals surface area contributed by atoms with Gasteiger partial charge in [0, 0.05) is 13.1 Å². The van der Waals surface area contributed by atoms with Crippen LogP contribution in [0.1, 0.15) is 26.7 Å². The first-order chi connectivity index (χ1) is 7.89. The normalized spacial score (nSPS) is 22.6. The highest BCUT2D eigenvalue weighted by Crippen LogP contribution is 2.17. The topological polar surface area (TPSA) is 75.3 Å². The molecule has 0 aromatic heterocycles. The summed E-state index contributed by atoms with van der Waals surface area (Å²) in [7, 11) is -2.84. The number of carbonyl (C=O) groups is 1. The van der Waals surface area contributed by atoms with Crippen molar-refractivity contribution < 1.29 is 13.2 Å². The average molecular weight is 262 g/mol. The zero-order valence-electron chi connectivity index (χ0n) is 10.5. The third-order valence-corrected chi connectivity index (χ3v) is 4.72. The molecule has 5 nitrogen and oxygen atoms in total. The van der Waals surface area contributed by atoms with Gasteiger partial charge in [0.1, 0.15) is 0 Å². The Morgan fingerprint density at radius 2 is 2.06 bits per heavy atom. The molecule has 2 amide bonds. The molecule has 0 radical (unpaired) electrons. The summed E-state index contributed by atoms with van der Waals surface area (Å²) in [5.74, 6) is 1.11. The summed E-state index contributed by atoms with van der Waals surface area (Å²) in [5.41, 5.74) is 0. The summed E-state index contributed by atoms with van der Waals surface area (Å²) in [5, 5.41) is 5.48. The van der Waals surface area contributed by atoms with Gasteiger partial charge in [-0.25, -0.2) is 13.2 Å². The molecule has 1 unspecified atom stereocenters. The second-order valence-electron chi connectivity index (χ2n) is 5.09. The molecule has 0 aliphatic carbocycles. The Hall–Kier alpha value is -0.780. The van der Waals surface area contributed by atoms with Crippen molar-refractivity contribution in [2.45, 2.75) is 26.7 Å². The van der Waals surface area contributed by atoms with Crippen molar-refractivity contribution in [3.63, 3.8) is 0 Å². The highest BCUT2D eigenvalue weighted by molar-refractivity contribution is 7.91. The van der Waals surface area contributed by atoms with Gasteiger partial charge < -0.3 is 10.6 Å². The molecule has 6 heteroatoms. The van der Waals surface area contributed by atoms with E-state index in [0.717, 1.165) is 6.42 Å². The Labute approximate surface area is 103 Å². The molecule has 1 aliphatic rings. The minimum absolute atomic E-state index is 0.0795. The van der Waals surface area contributed by atoms with Gasteiger partial charge in [-0.3, -0.25) is 0 Å². The monoisotopic (exact) mass is 262 g/mol. The van der Waals surface area contributed by atoms with E-state index in [1.165, 1.54) is 0 Å². The van der Waals surface area contributed by atoms with E-state index in [1.807, 2.05) is 0 Å². The van der Waals surface area contributed by atoms with Crippen molar-refractivity contribution in [1.82, 2.24) is 10.6 Å². The zero-order chi connectivity index (χ0) is 12.9. The fourth-order valence-corrected chi connectivity index (χ4v) is 3.67. The molecule has 0 aromatic carbocycles. The van der Waals surface area contributed by atoms with Gasteiger partial charge in [0.15, 0.2) is 9.84 Å². The van der Waals surface area contributed by atoms with Crippen molar-refractivity contribution in [3.8, 4) is 0 Å². The van der Waals surface area contributed by atoms with Crippen LogP contribution in [0.4, 0.5) is 4.79 Å². The zero-order valence-corrected chi connectivity index (χ0v) is 11.3. The molecule has 1 fully saturated rings. The van der Waals surface area contributed by atoms with Crippen LogP contribution in [-0.2, 0) is 9.84 Å². The SMILES string of the molecule is CC(C)CCNC(=O)NCC1CCS(=O)(=O)C1. The molecule has 0 aromatic rings. The van der Waals surface area contributed by atoms with E-state index >= 15 is 0 Å². The summed E-state index contributed by atoms with van der Waals surface area (Å²) in [6, 6.07) is -0.199. The van der Waals surface area contributed by atoms with Crippen molar-refractivity contribution >= 4 is 15.9 Å². The highest BCUT2D eigenvalue weighted by Gasteiger charge is 2.27. The highest BCUT2D eigenvalue weighted by atomic mass is 32.2. The number of sulfone groups is 1. The number of nitrogens with one attached hydrogen (secondary N) is 2. The van der Waals surface area contributed by atoms with Gasteiger partial charge in [-0.05, 0) is 24.7 Å². The van der Waals surface area contributed by atoms with Gasteiger partial charge in [0.25, 0.3) is 0 Å². The summed E-state index contributed by atoms with van der Waals surface area (Å²) in [6.07, 6.45) is 1.61. The first-order valence-electron chi connectivity index (χ1n) is 6.11. The Morgan fingerprint density at radius 1 is 1.35 bits per heavy atom. The van der Waals surface area contributed by atoms with Crippen molar-refractivity contribution in [1.29, 1.82) is 0 Å². The standard InChI is InChI=1S/C11H22N2O3S/c1-9(2)3-5-12-11(14)13-7-10-4-6-17(15,16)8-10/h9-10H,3-8H2,1-2H3,(H2,12,13,14). The molecule has 2 N–H and O–H groups in total. The van der Waals surface area contributed by atoms with Crippen LogP contribution >= 0.6 is 0 Å². The summed E-state index contributed by atoms with van der Waals surface area (Å²) >= 11 is 0. The van der Waals surface area contributed by atoms with Crippen LogP contribution in [-0.4, -0.2) is 39.0 Å². The first-order valence-corrected chi connectivity index (χ1v) is 7.93. The number of carbonyl (C=O) groups excluding carboxylic acids is 1. The summed E-state index contributed by atoms with van der Waals surface area (Å²) in [6.45, 7) is 5.31. The third kappa shape index (κ3) is 5.91. The number of urea groups is 1. The fourth-order valence-electron chi connectivity index (χ4n) is 1.81. The minimum Gasteiger partial charge on any atom is -0.338 e. The molecular formula is C11H22N2O3S. The number of hydrogen-bond acceptors (Lipinski definition) is 3. The van der Waals surface area contributed by atoms with Crippen molar-refractivity contribution in [2.24, 2.45) is 11.8 Å². The molecular weight excluding hydrogens is 240 g/mol. The fraction of sp³-hybridized carbons (Fsp3) is 0.909. The van der Waals surface area contributed by atoms with E-state index < -0.39 is 9.84 Å². The Bertz CT molecular complexity index is 352. The van der Waals surface area contributed by atoms with Crippen LogP contribution in [0.3, 0.4) is 0 Å². The van der Waals surface area contributed by atoms with Crippen LogP contribution < -0.4 is 10.6 Å². The van der Waals surface area contributed by atoms with Crippen molar-refractivity contribution in [3.05, 3.63) is 0 Å². The number of rotatable bonds is 5. The third-order valence-electron chi connectivity index (χ3n) is 2.89. The molecule has 1 heterocycles. The van der Waals surface area contributed by atoms with Crippen LogP contribution in [0.5, 0.6) is 0 Å². The summed E-state index contributed by atoms with van der Waals surface area (Å²) < 4.78 is 22.4. The lowest BCUT2D eigenvalue weighted by molar-refractivity contribution is 0.238. The molecule has 17 heavy (non-hydrogen) atoms. The average Bonchev–Trinajstić information content (AvgIpc) is 2.55. The maximum atomic E-state index is 11.4. The Kier molecular flexibility index (Phi) is 5.24. The van der Waals surface area contributed by atoms with Gasteiger partial charge >= 0.3 is 6.03 Å². The first kappa shape index (κ1) is 14.3. The second-order valence-corrected chi connectivity index (χ2v) is 7.32. The predicted molar refractivity (Wildman–Crippen MR) is 67.6 cm³/mol. The van der Waals surface area contributed by atoms with Gasteiger partial charge in [-0.2, -0.15) is 0 Å². The van der Waals surface area contributed by atoms with E-state index in [2.05, 4.69) is 24.5 Å². The van der Waals surface area contributed by atoms with E-state index in [1.54, 1.807) is 0 Å². The maximum absolute atomic E-state index is 11.4. The molecule has 1 saturated heterocycles. The van der Waals surface area contributed by atoms with Crippen LogP contribution in [0.25, 0.3) is 0 Å². The Balaban J connectivity index is 2.12. The smallest absolute Gasteiger partial charge is 0.314 e. The van der Waals surface area contributed by atoms with Gasteiger partial charge in [-0.15, -0.1) is 0 Å². The molecule has 0 bridgehead atoms. The maximum Gasteiger partial charge on any atom is 0.314 e. The lowest BCUT2D eigenvalue weighted by Gasteiger charge is -2.11. The molecule has 1 aliphatic heterocycles. The van der Waals surface area contributed by atoms with Crippen LogP contribution in [0.15, 0.2) is 0 Å². The second kappa shape index (κ2) is 6.23. The van der Waals surface area contributed by atoms with E-state index in [0.29, 0.717) is 25.4 Å².